The van der Waals surface area contributed by atoms with Crippen LogP contribution in [0.2, 0.25) is 0 Å². The Kier molecular flexibility index (Phi) is 9.11. The van der Waals surface area contributed by atoms with E-state index in [4.69, 9.17) is 0 Å². The molecule has 11 aromatic carbocycles. The van der Waals surface area contributed by atoms with Gasteiger partial charge in [-0.3, -0.25) is 0 Å². The number of aromatic nitrogens is 1. The molecule has 1 spiro atoms. The van der Waals surface area contributed by atoms with E-state index in [1.165, 1.54) is 83.1 Å². The molecule has 0 radical (unpaired) electrons. The molecule has 70 heavy (non-hydrogen) atoms. The van der Waals surface area contributed by atoms with Crippen molar-refractivity contribution in [3.8, 4) is 39.1 Å². The zero-order valence-electron chi connectivity index (χ0n) is 38.3. The SMILES string of the molecule is c1ccc(-c2cccc(N(c3ccccc3)c3ccc4c(c3)C3(c5cc(N(c6ccccc6)c6cccc(-c7ccccc7)c6)ccc5-4)c4ccccc4-n4c5ccccc5c5cccc3c54)c2)cc1. The van der Waals surface area contributed by atoms with Gasteiger partial charge in [0.2, 0.25) is 0 Å². The van der Waals surface area contributed by atoms with Crippen molar-refractivity contribution < 1.29 is 0 Å². The zero-order chi connectivity index (χ0) is 46.2. The highest BCUT2D eigenvalue weighted by molar-refractivity contribution is 6.13. The number of rotatable bonds is 8. The maximum absolute atomic E-state index is 2.53. The summed E-state index contributed by atoms with van der Waals surface area (Å²) >= 11 is 0. The number of benzene rings is 11. The van der Waals surface area contributed by atoms with Gasteiger partial charge in [0.05, 0.1) is 22.1 Å². The highest BCUT2D eigenvalue weighted by Gasteiger charge is 2.51. The fourth-order valence-corrected chi connectivity index (χ4v) is 11.8. The molecule has 0 saturated heterocycles. The van der Waals surface area contributed by atoms with E-state index in [2.05, 4.69) is 287 Å². The van der Waals surface area contributed by atoms with Crippen LogP contribution in [-0.2, 0) is 5.41 Å². The Morgan fingerprint density at radius 1 is 0.271 bits per heavy atom. The minimum Gasteiger partial charge on any atom is -0.310 e. The minimum absolute atomic E-state index is 0.695. The highest BCUT2D eigenvalue weighted by atomic mass is 15.1. The van der Waals surface area contributed by atoms with Gasteiger partial charge in [-0.15, -0.1) is 0 Å². The Hall–Kier alpha value is -9.18. The van der Waals surface area contributed by atoms with E-state index in [0.717, 1.165) is 34.1 Å². The van der Waals surface area contributed by atoms with Crippen LogP contribution >= 0.6 is 0 Å². The van der Waals surface area contributed by atoms with Crippen molar-refractivity contribution in [2.45, 2.75) is 5.41 Å². The maximum Gasteiger partial charge on any atom is 0.0756 e. The molecular weight excluding hydrogens is 847 g/mol. The molecule has 2 heterocycles. The summed E-state index contributed by atoms with van der Waals surface area (Å²) < 4.78 is 2.53. The summed E-state index contributed by atoms with van der Waals surface area (Å²) in [6, 6.07) is 100. The van der Waals surface area contributed by atoms with E-state index < -0.39 is 5.41 Å². The topological polar surface area (TPSA) is 11.4 Å². The summed E-state index contributed by atoms with van der Waals surface area (Å²) in [6.45, 7) is 0. The molecule has 0 unspecified atom stereocenters. The van der Waals surface area contributed by atoms with Crippen molar-refractivity contribution in [3.63, 3.8) is 0 Å². The summed E-state index contributed by atoms with van der Waals surface area (Å²) in [7, 11) is 0. The largest absolute Gasteiger partial charge is 0.310 e. The lowest BCUT2D eigenvalue weighted by molar-refractivity contribution is 0.748. The van der Waals surface area contributed by atoms with Crippen molar-refractivity contribution in [1.29, 1.82) is 0 Å². The first-order valence-corrected chi connectivity index (χ1v) is 24.2. The van der Waals surface area contributed by atoms with E-state index in [-0.39, 0.29) is 0 Å². The third-order valence-corrected chi connectivity index (χ3v) is 14.7. The Morgan fingerprint density at radius 2 is 0.686 bits per heavy atom. The molecule has 12 aromatic rings. The Balaban J connectivity index is 1.06. The molecule has 14 rings (SSSR count). The fourth-order valence-electron chi connectivity index (χ4n) is 11.8. The van der Waals surface area contributed by atoms with E-state index >= 15 is 0 Å². The van der Waals surface area contributed by atoms with E-state index in [9.17, 15) is 0 Å². The van der Waals surface area contributed by atoms with Crippen LogP contribution in [0.25, 0.3) is 60.9 Å². The van der Waals surface area contributed by atoms with Gasteiger partial charge in [0.15, 0.2) is 0 Å². The molecule has 0 saturated carbocycles. The molecule has 1 aliphatic heterocycles. The Morgan fingerprint density at radius 3 is 1.26 bits per heavy atom. The molecule has 328 valence electrons. The summed E-state index contributed by atoms with van der Waals surface area (Å²) in [5.74, 6) is 0. The smallest absolute Gasteiger partial charge is 0.0756 e. The number of nitrogens with zero attached hydrogens (tertiary/aromatic N) is 3. The molecule has 0 atom stereocenters. The van der Waals surface area contributed by atoms with Crippen molar-refractivity contribution in [3.05, 3.63) is 295 Å². The maximum atomic E-state index is 2.53. The van der Waals surface area contributed by atoms with Gasteiger partial charge in [-0.2, -0.15) is 0 Å². The number of hydrogen-bond donors (Lipinski definition) is 0. The number of fused-ring (bicyclic) bond motifs is 12. The average Bonchev–Trinajstić information content (AvgIpc) is 3.94. The average molecular weight is 892 g/mol. The van der Waals surface area contributed by atoms with Gasteiger partial charge in [0.1, 0.15) is 0 Å². The second-order valence-corrected chi connectivity index (χ2v) is 18.5. The van der Waals surface area contributed by atoms with Gasteiger partial charge in [-0.25, -0.2) is 0 Å². The minimum atomic E-state index is -0.695. The van der Waals surface area contributed by atoms with E-state index in [1.807, 2.05) is 0 Å². The van der Waals surface area contributed by atoms with Gasteiger partial charge >= 0.3 is 0 Å². The molecule has 0 bridgehead atoms. The van der Waals surface area contributed by atoms with Crippen LogP contribution in [0.15, 0.2) is 273 Å². The lowest BCUT2D eigenvalue weighted by Gasteiger charge is -2.40. The third kappa shape index (κ3) is 6.01. The molecule has 1 aromatic heterocycles. The number of para-hydroxylation sites is 5. The van der Waals surface area contributed by atoms with E-state index in [1.54, 1.807) is 0 Å². The van der Waals surface area contributed by atoms with Crippen LogP contribution in [0, 0.1) is 0 Å². The summed E-state index contributed by atoms with van der Waals surface area (Å²) in [5, 5.41) is 2.52. The van der Waals surface area contributed by atoms with Crippen LogP contribution in [-0.4, -0.2) is 4.57 Å². The van der Waals surface area contributed by atoms with Crippen LogP contribution in [0.1, 0.15) is 22.3 Å². The van der Waals surface area contributed by atoms with Gasteiger partial charge in [0.25, 0.3) is 0 Å². The standard InChI is InChI=1S/C67H45N3/c1-5-20-46(21-6-1)48-24-17-30-52(42-48)68(50-26-9-3-10-27-50)54-38-40-56-57-41-39-55(69(51-28-11-4-12-29-51)53-31-18-25-49(43-53)47-22-7-2-8-23-47)45-63(57)67(62(56)44-54)60-34-14-16-37-65(60)70-64-36-15-13-32-58(64)59-33-19-35-61(67)66(59)70/h1-45H. The van der Waals surface area contributed by atoms with Crippen LogP contribution in [0.3, 0.4) is 0 Å². The molecule has 3 nitrogen and oxygen atoms in total. The first-order chi connectivity index (χ1) is 34.7. The van der Waals surface area contributed by atoms with Gasteiger partial charge in [0, 0.05) is 44.9 Å². The highest BCUT2D eigenvalue weighted by Crippen LogP contribution is 2.62. The second-order valence-electron chi connectivity index (χ2n) is 18.5. The molecule has 1 aliphatic carbocycles. The summed E-state index contributed by atoms with van der Waals surface area (Å²) in [6.07, 6.45) is 0. The van der Waals surface area contributed by atoms with Crippen LogP contribution < -0.4 is 9.80 Å². The number of hydrogen-bond acceptors (Lipinski definition) is 2. The molecule has 0 fully saturated rings. The van der Waals surface area contributed by atoms with Crippen molar-refractivity contribution in [2.24, 2.45) is 0 Å². The third-order valence-electron chi connectivity index (χ3n) is 14.7. The lowest BCUT2D eigenvalue weighted by atomic mass is 9.65. The lowest BCUT2D eigenvalue weighted by Crippen LogP contribution is -2.33. The quantitative estimate of drug-likeness (QED) is 0.151. The van der Waals surface area contributed by atoms with Gasteiger partial charge in [-0.05, 0) is 141 Å². The molecule has 0 N–H and O–H groups in total. The summed E-state index contributed by atoms with van der Waals surface area (Å²) in [4.78, 5) is 4.86. The predicted octanol–water partition coefficient (Wildman–Crippen LogP) is 17.7. The second kappa shape index (κ2) is 16.0. The van der Waals surface area contributed by atoms with E-state index in [0.29, 0.717) is 0 Å². The molecule has 0 amide bonds. The van der Waals surface area contributed by atoms with Crippen molar-refractivity contribution in [1.82, 2.24) is 4.57 Å². The Labute approximate surface area is 408 Å². The van der Waals surface area contributed by atoms with Crippen LogP contribution in [0.5, 0.6) is 0 Å². The van der Waals surface area contributed by atoms with Crippen molar-refractivity contribution >= 4 is 55.9 Å². The predicted molar refractivity (Wildman–Crippen MR) is 292 cm³/mol. The summed E-state index contributed by atoms with van der Waals surface area (Å²) in [5.41, 5.74) is 21.9. The first kappa shape index (κ1) is 39.9. The normalized spacial score (nSPS) is 12.7. The van der Waals surface area contributed by atoms with Gasteiger partial charge < -0.3 is 14.4 Å². The Bertz CT molecular complexity index is 3770. The first-order valence-electron chi connectivity index (χ1n) is 24.2. The zero-order valence-corrected chi connectivity index (χ0v) is 38.3. The van der Waals surface area contributed by atoms with Gasteiger partial charge in [-0.1, -0.05) is 188 Å². The molecular formula is C67H45N3. The van der Waals surface area contributed by atoms with Crippen molar-refractivity contribution in [2.75, 3.05) is 9.80 Å². The fraction of sp³-hybridized carbons (Fsp3) is 0.0149. The molecule has 2 aliphatic rings. The monoisotopic (exact) mass is 891 g/mol. The molecule has 3 heteroatoms. The van der Waals surface area contributed by atoms with Crippen LogP contribution in [0.4, 0.5) is 34.1 Å². The number of anilines is 6.